The summed E-state index contributed by atoms with van der Waals surface area (Å²) in [6.07, 6.45) is 1.57. The zero-order valence-corrected chi connectivity index (χ0v) is 19.4. The maximum absolute atomic E-state index is 13.3. The molecule has 0 spiro atoms. The molecule has 0 unspecified atom stereocenters. The summed E-state index contributed by atoms with van der Waals surface area (Å²) in [5.41, 5.74) is 7.51. The molecule has 32 heavy (non-hydrogen) atoms. The molecule has 0 atom stereocenters. The molecule has 3 N–H and O–H groups in total. The average Bonchev–Trinajstić information content (AvgIpc) is 3.03. The molecule has 10 heteroatoms. The van der Waals surface area contributed by atoms with Crippen LogP contribution in [0.3, 0.4) is 0 Å². The molecular formula is C22H27ClN6O3. The highest BCUT2D eigenvalue weighted by Gasteiger charge is 2.24. The van der Waals surface area contributed by atoms with Crippen molar-refractivity contribution in [3.05, 3.63) is 67.1 Å². The SMILES string of the molecule is CCCCn1c(N)c(N(CC)C(=O)c2ccc(-n3nc(C)c(Cl)c3C)cc2)c(=O)[nH]c1=O. The van der Waals surface area contributed by atoms with E-state index in [0.29, 0.717) is 23.6 Å². The molecule has 2 aromatic heterocycles. The Kier molecular flexibility index (Phi) is 6.88. The molecule has 0 radical (unpaired) electrons. The lowest BCUT2D eigenvalue weighted by atomic mass is 10.1. The van der Waals surface area contributed by atoms with Crippen LogP contribution in [-0.2, 0) is 6.54 Å². The van der Waals surface area contributed by atoms with Gasteiger partial charge in [-0.25, -0.2) is 9.48 Å². The van der Waals surface area contributed by atoms with Gasteiger partial charge in [-0.2, -0.15) is 5.10 Å². The fraction of sp³-hybridized carbons (Fsp3) is 0.364. The van der Waals surface area contributed by atoms with Gasteiger partial charge < -0.3 is 10.6 Å². The number of carbonyl (C=O) groups excluding carboxylic acids is 1. The van der Waals surface area contributed by atoms with E-state index in [9.17, 15) is 14.4 Å². The Morgan fingerprint density at radius 3 is 2.38 bits per heavy atom. The van der Waals surface area contributed by atoms with Crippen molar-refractivity contribution in [1.29, 1.82) is 0 Å². The molecule has 9 nitrogen and oxygen atoms in total. The van der Waals surface area contributed by atoms with E-state index in [2.05, 4.69) is 10.1 Å². The fourth-order valence-electron chi connectivity index (χ4n) is 3.56. The number of benzene rings is 1. The van der Waals surface area contributed by atoms with E-state index in [1.807, 2.05) is 20.8 Å². The minimum absolute atomic E-state index is 0.0173. The number of amides is 1. The normalized spacial score (nSPS) is 11.0. The monoisotopic (exact) mass is 458 g/mol. The molecule has 3 rings (SSSR count). The number of aromatic amines is 1. The molecule has 1 aromatic carbocycles. The number of rotatable bonds is 7. The van der Waals surface area contributed by atoms with Crippen LogP contribution >= 0.6 is 11.6 Å². The van der Waals surface area contributed by atoms with Gasteiger partial charge in [0, 0.05) is 18.7 Å². The first-order valence-electron chi connectivity index (χ1n) is 10.5. The summed E-state index contributed by atoms with van der Waals surface area (Å²) in [6.45, 7) is 7.97. The van der Waals surface area contributed by atoms with E-state index in [4.69, 9.17) is 17.3 Å². The van der Waals surface area contributed by atoms with Crippen molar-refractivity contribution in [2.24, 2.45) is 0 Å². The van der Waals surface area contributed by atoms with Crippen molar-refractivity contribution >= 4 is 29.0 Å². The molecular weight excluding hydrogens is 432 g/mol. The molecule has 0 saturated carbocycles. The van der Waals surface area contributed by atoms with Crippen molar-refractivity contribution < 1.29 is 4.79 Å². The average molecular weight is 459 g/mol. The fourth-order valence-corrected chi connectivity index (χ4v) is 3.67. The minimum Gasteiger partial charge on any atom is -0.383 e. The quantitative estimate of drug-likeness (QED) is 0.564. The summed E-state index contributed by atoms with van der Waals surface area (Å²) in [4.78, 5) is 41.6. The number of halogens is 1. The third-order valence-electron chi connectivity index (χ3n) is 5.34. The van der Waals surface area contributed by atoms with Crippen molar-refractivity contribution in [3.8, 4) is 5.69 Å². The molecule has 0 fully saturated rings. The molecule has 0 aliphatic heterocycles. The van der Waals surface area contributed by atoms with Crippen LogP contribution in [0.5, 0.6) is 0 Å². The zero-order chi connectivity index (χ0) is 23.6. The lowest BCUT2D eigenvalue weighted by molar-refractivity contribution is 0.0988. The van der Waals surface area contributed by atoms with Crippen LogP contribution < -0.4 is 21.9 Å². The number of nitrogens with zero attached hydrogens (tertiary/aromatic N) is 4. The van der Waals surface area contributed by atoms with Gasteiger partial charge in [-0.15, -0.1) is 0 Å². The number of aromatic nitrogens is 4. The predicted octanol–water partition coefficient (Wildman–Crippen LogP) is 3.04. The second-order valence-electron chi connectivity index (χ2n) is 7.49. The number of nitrogens with two attached hydrogens (primary N) is 1. The molecule has 0 aliphatic rings. The molecule has 1 amide bonds. The number of nitrogens with one attached hydrogen (secondary N) is 1. The van der Waals surface area contributed by atoms with Crippen molar-refractivity contribution in [2.75, 3.05) is 17.2 Å². The number of unbranched alkanes of at least 4 members (excludes halogenated alkanes) is 1. The summed E-state index contributed by atoms with van der Waals surface area (Å²) in [7, 11) is 0. The summed E-state index contributed by atoms with van der Waals surface area (Å²) in [6, 6.07) is 6.82. The molecule has 0 saturated heterocycles. The van der Waals surface area contributed by atoms with Crippen molar-refractivity contribution in [1.82, 2.24) is 19.3 Å². The van der Waals surface area contributed by atoms with Crippen LogP contribution in [0.25, 0.3) is 5.69 Å². The number of nitrogen functional groups attached to an aromatic ring is 1. The third kappa shape index (κ3) is 4.20. The molecule has 0 aliphatic carbocycles. The van der Waals surface area contributed by atoms with E-state index < -0.39 is 17.2 Å². The number of H-pyrrole nitrogens is 1. The van der Waals surface area contributed by atoms with E-state index in [1.54, 1.807) is 35.9 Å². The van der Waals surface area contributed by atoms with Gasteiger partial charge in [0.15, 0.2) is 5.69 Å². The summed E-state index contributed by atoms with van der Waals surface area (Å²) < 4.78 is 3.00. The number of carbonyl (C=O) groups is 1. The number of hydrogen-bond donors (Lipinski definition) is 2. The van der Waals surface area contributed by atoms with Crippen LogP contribution in [0.4, 0.5) is 11.5 Å². The van der Waals surface area contributed by atoms with Gasteiger partial charge in [-0.05, 0) is 51.5 Å². The number of anilines is 2. The van der Waals surface area contributed by atoms with Gasteiger partial charge in [-0.1, -0.05) is 24.9 Å². The Bertz CT molecular complexity index is 1260. The second kappa shape index (κ2) is 9.44. The Balaban J connectivity index is 1.98. The smallest absolute Gasteiger partial charge is 0.330 e. The Hall–Kier alpha value is -3.33. The van der Waals surface area contributed by atoms with Gasteiger partial charge >= 0.3 is 5.69 Å². The van der Waals surface area contributed by atoms with E-state index in [0.717, 1.165) is 23.5 Å². The van der Waals surface area contributed by atoms with Gasteiger partial charge in [0.2, 0.25) is 0 Å². The summed E-state index contributed by atoms with van der Waals surface area (Å²) >= 11 is 6.23. The first-order chi connectivity index (χ1) is 15.2. The van der Waals surface area contributed by atoms with Gasteiger partial charge in [0.05, 0.1) is 22.1 Å². The first kappa shape index (κ1) is 23.3. The standard InChI is InChI=1S/C22H27ClN6O3/c1-5-7-12-28-19(24)18(20(30)25-22(28)32)27(6-2)21(31)15-8-10-16(11-9-15)29-14(4)17(23)13(3)26-29/h8-11H,5-7,12,24H2,1-4H3,(H,25,30,32). The Labute approximate surface area is 190 Å². The molecule has 0 bridgehead atoms. The third-order valence-corrected chi connectivity index (χ3v) is 5.89. The van der Waals surface area contributed by atoms with Crippen LogP contribution in [0.15, 0.2) is 33.9 Å². The Morgan fingerprint density at radius 2 is 1.84 bits per heavy atom. The largest absolute Gasteiger partial charge is 0.383 e. The summed E-state index contributed by atoms with van der Waals surface area (Å²) in [5, 5.41) is 5.01. The number of aryl methyl sites for hydroxylation is 1. The number of hydrogen-bond acceptors (Lipinski definition) is 5. The topological polar surface area (TPSA) is 119 Å². The van der Waals surface area contributed by atoms with E-state index in [-0.39, 0.29) is 18.1 Å². The lowest BCUT2D eigenvalue weighted by Crippen LogP contribution is -2.41. The van der Waals surface area contributed by atoms with Crippen molar-refractivity contribution in [2.45, 2.75) is 47.1 Å². The van der Waals surface area contributed by atoms with Crippen LogP contribution in [0.1, 0.15) is 48.4 Å². The van der Waals surface area contributed by atoms with E-state index in [1.165, 1.54) is 9.47 Å². The summed E-state index contributed by atoms with van der Waals surface area (Å²) in [5.74, 6) is -0.417. The van der Waals surface area contributed by atoms with Crippen LogP contribution in [0, 0.1) is 13.8 Å². The maximum Gasteiger partial charge on any atom is 0.330 e. The Morgan fingerprint density at radius 1 is 1.19 bits per heavy atom. The highest BCUT2D eigenvalue weighted by Crippen LogP contribution is 2.24. The molecule has 3 aromatic rings. The van der Waals surface area contributed by atoms with Crippen LogP contribution in [-0.4, -0.2) is 31.8 Å². The molecule has 170 valence electrons. The highest BCUT2D eigenvalue weighted by atomic mass is 35.5. The minimum atomic E-state index is -0.690. The van der Waals surface area contributed by atoms with Crippen LogP contribution in [0.2, 0.25) is 5.02 Å². The predicted molar refractivity (Wildman–Crippen MR) is 126 cm³/mol. The molecule has 2 heterocycles. The first-order valence-corrected chi connectivity index (χ1v) is 10.9. The maximum atomic E-state index is 13.3. The van der Waals surface area contributed by atoms with Crippen molar-refractivity contribution in [3.63, 3.8) is 0 Å². The lowest BCUT2D eigenvalue weighted by Gasteiger charge is -2.23. The second-order valence-corrected chi connectivity index (χ2v) is 7.87. The van der Waals surface area contributed by atoms with Gasteiger partial charge in [-0.3, -0.25) is 19.1 Å². The van der Waals surface area contributed by atoms with Gasteiger partial charge in [0.1, 0.15) is 5.82 Å². The van der Waals surface area contributed by atoms with E-state index >= 15 is 0 Å². The zero-order valence-electron chi connectivity index (χ0n) is 18.6. The highest BCUT2D eigenvalue weighted by molar-refractivity contribution is 6.31. The van der Waals surface area contributed by atoms with Gasteiger partial charge in [0.25, 0.3) is 11.5 Å².